The molecule has 1 saturated heterocycles. The Labute approximate surface area is 299 Å². The number of methoxy groups -OCH3 is 1. The maximum absolute atomic E-state index is 13.5. The van der Waals surface area contributed by atoms with Crippen LogP contribution in [0.5, 0.6) is 5.75 Å². The number of rotatable bonds is 9. The molecule has 3 N–H and O–H groups in total. The third kappa shape index (κ3) is 7.99. The van der Waals surface area contributed by atoms with Gasteiger partial charge in [0, 0.05) is 49.2 Å². The normalized spacial score (nSPS) is 18.5. The first kappa shape index (κ1) is 36.2. The molecule has 51 heavy (non-hydrogen) atoms. The number of ether oxygens (including phenoxy) is 2. The van der Waals surface area contributed by atoms with Crippen molar-refractivity contribution >= 4 is 23.4 Å². The van der Waals surface area contributed by atoms with Crippen LogP contribution in [0.15, 0.2) is 48.7 Å². The van der Waals surface area contributed by atoms with E-state index in [0.29, 0.717) is 25.1 Å². The Morgan fingerprint density at radius 3 is 2.31 bits per heavy atom. The van der Waals surface area contributed by atoms with E-state index >= 15 is 0 Å². The number of fused-ring (bicyclic) bond motifs is 2. The number of carbonyl (C=O) groups is 2. The number of nitrogens with zero attached hydrogens (tertiary/aromatic N) is 6. The van der Waals surface area contributed by atoms with Gasteiger partial charge in [0.15, 0.2) is 5.65 Å². The Balaban J connectivity index is 1.14. The predicted octanol–water partition coefficient (Wildman–Crippen LogP) is 5.73. The molecule has 3 amide bonds. The van der Waals surface area contributed by atoms with Gasteiger partial charge in [-0.1, -0.05) is 65.8 Å². The second kappa shape index (κ2) is 13.8. The fourth-order valence-corrected chi connectivity index (χ4v) is 6.52. The topological polar surface area (TPSA) is 148 Å². The van der Waals surface area contributed by atoms with Crippen molar-refractivity contribution in [2.75, 3.05) is 32.1 Å². The highest BCUT2D eigenvalue weighted by molar-refractivity contribution is 5.92. The van der Waals surface area contributed by atoms with Crippen LogP contribution in [0.4, 0.5) is 10.6 Å². The largest absolute Gasteiger partial charge is 0.484 e. The van der Waals surface area contributed by atoms with Crippen molar-refractivity contribution < 1.29 is 19.1 Å². The van der Waals surface area contributed by atoms with Crippen molar-refractivity contribution in [1.29, 1.82) is 0 Å². The average Bonchev–Trinajstić information content (AvgIpc) is 3.48. The van der Waals surface area contributed by atoms with Crippen molar-refractivity contribution in [2.24, 2.45) is 0 Å². The lowest BCUT2D eigenvalue weighted by Crippen LogP contribution is -2.63. The van der Waals surface area contributed by atoms with Crippen LogP contribution in [0.25, 0.3) is 5.65 Å². The van der Waals surface area contributed by atoms with E-state index in [9.17, 15) is 9.59 Å². The minimum Gasteiger partial charge on any atom is -0.484 e. The van der Waals surface area contributed by atoms with Crippen LogP contribution >= 0.6 is 0 Å². The molecule has 13 heteroatoms. The first-order chi connectivity index (χ1) is 24.0. The number of anilines is 1. The Morgan fingerprint density at radius 2 is 1.63 bits per heavy atom. The summed E-state index contributed by atoms with van der Waals surface area (Å²) in [6.45, 7) is 18.6. The van der Waals surface area contributed by atoms with Gasteiger partial charge < -0.3 is 20.1 Å². The van der Waals surface area contributed by atoms with Crippen LogP contribution in [0.3, 0.4) is 0 Å². The lowest BCUT2D eigenvalue weighted by molar-refractivity contribution is -0.0742. The van der Waals surface area contributed by atoms with Gasteiger partial charge >= 0.3 is 6.03 Å². The first-order valence-corrected chi connectivity index (χ1v) is 17.7. The number of hydrogen-bond donors (Lipinski definition) is 3. The number of carbonyl (C=O) groups excluding carboxylic acids is 2. The second-order valence-electron chi connectivity index (χ2n) is 16.3. The molecule has 2 atom stereocenters. The van der Waals surface area contributed by atoms with Gasteiger partial charge in [-0.05, 0) is 49.9 Å². The first-order valence-electron chi connectivity index (χ1n) is 17.7. The number of aromatic nitrogens is 5. The number of amides is 3. The summed E-state index contributed by atoms with van der Waals surface area (Å²) in [5.41, 5.74) is 2.59. The van der Waals surface area contributed by atoms with E-state index in [2.05, 4.69) is 75.6 Å². The molecule has 4 aromatic rings. The van der Waals surface area contributed by atoms with Gasteiger partial charge in [-0.25, -0.2) is 14.8 Å². The molecule has 1 aromatic carbocycles. The molecule has 1 aliphatic heterocycles. The Morgan fingerprint density at radius 1 is 0.902 bits per heavy atom. The van der Waals surface area contributed by atoms with E-state index in [1.54, 1.807) is 13.2 Å². The van der Waals surface area contributed by atoms with Gasteiger partial charge in [-0.15, -0.1) is 10.2 Å². The molecule has 1 fully saturated rings. The maximum Gasteiger partial charge on any atom is 0.320 e. The smallest absolute Gasteiger partial charge is 0.320 e. The van der Waals surface area contributed by atoms with E-state index in [1.165, 1.54) is 0 Å². The molecule has 6 rings (SSSR count). The van der Waals surface area contributed by atoms with Gasteiger partial charge in [0.2, 0.25) is 5.82 Å². The van der Waals surface area contributed by atoms with Gasteiger partial charge in [0.05, 0.1) is 24.0 Å². The zero-order valence-corrected chi connectivity index (χ0v) is 31.2. The average molecular weight is 698 g/mol. The number of nitrogens with one attached hydrogen (secondary N) is 3. The molecule has 0 unspecified atom stereocenters. The third-order valence-electron chi connectivity index (χ3n) is 9.72. The zero-order chi connectivity index (χ0) is 36.7. The highest BCUT2D eigenvalue weighted by Crippen LogP contribution is 2.39. The molecule has 13 nitrogen and oxygen atoms in total. The maximum atomic E-state index is 13.5. The molecule has 0 radical (unpaired) electrons. The molecule has 0 bridgehead atoms. The van der Waals surface area contributed by atoms with E-state index < -0.39 is 11.9 Å². The molecular formula is C38H51N9O4. The third-order valence-corrected chi connectivity index (χ3v) is 9.72. The van der Waals surface area contributed by atoms with Crippen LogP contribution in [0.2, 0.25) is 0 Å². The monoisotopic (exact) mass is 697 g/mol. The van der Waals surface area contributed by atoms with Crippen molar-refractivity contribution in [3.63, 3.8) is 0 Å². The summed E-state index contributed by atoms with van der Waals surface area (Å²) < 4.78 is 14.0. The minimum atomic E-state index is -0.418. The SMILES string of the molecule is COC1CN(C(C)(C)CNC(=O)c2nc(NC(=O)N[C@H]3CC[C@@H](Oc4ccc5nnc(C(C)(C)C)n5c4)c4ccccc43)cc(C(C)(C)C)n2)C1. The standard InChI is InChI=1S/C38H51N9O4/c1-36(2,3)29-18-30(42-32(41-29)33(48)39-22-38(7,8)46-19-24(20-46)50-9)43-35(49)40-27-15-16-28(26-13-11-10-12-25(26)27)51-23-14-17-31-44-45-34(37(4,5)6)47(31)21-23/h10-14,17-18,21,24,27-28H,15-16,19-20,22H2,1-9H3,(H,39,48)(H2,40,41,42,43,49)/t27-,28+/m0/s1. The fourth-order valence-electron chi connectivity index (χ4n) is 6.52. The highest BCUT2D eigenvalue weighted by Gasteiger charge is 2.38. The van der Waals surface area contributed by atoms with Crippen LogP contribution in [0.1, 0.15) is 114 Å². The van der Waals surface area contributed by atoms with Crippen molar-refractivity contribution in [2.45, 2.75) is 103 Å². The van der Waals surface area contributed by atoms with E-state index in [1.807, 2.05) is 67.8 Å². The fraction of sp³-hybridized carbons (Fsp3) is 0.526. The molecular weight excluding hydrogens is 646 g/mol. The minimum absolute atomic E-state index is 0.00851. The number of urea groups is 1. The summed E-state index contributed by atoms with van der Waals surface area (Å²) in [5.74, 6) is 1.45. The van der Waals surface area contributed by atoms with Gasteiger partial charge in [-0.3, -0.25) is 19.4 Å². The Kier molecular flexibility index (Phi) is 9.81. The molecule has 0 saturated carbocycles. The van der Waals surface area contributed by atoms with E-state index in [-0.39, 0.29) is 46.3 Å². The lowest BCUT2D eigenvalue weighted by atomic mass is 9.85. The summed E-state index contributed by atoms with van der Waals surface area (Å²) in [6.07, 6.45) is 3.33. The summed E-state index contributed by atoms with van der Waals surface area (Å²) in [7, 11) is 1.72. The van der Waals surface area contributed by atoms with Crippen molar-refractivity contribution in [1.82, 2.24) is 40.1 Å². The molecule has 3 aromatic heterocycles. The summed E-state index contributed by atoms with van der Waals surface area (Å²) in [6, 6.07) is 12.9. The van der Waals surface area contributed by atoms with Crippen LogP contribution < -0.4 is 20.7 Å². The van der Waals surface area contributed by atoms with Crippen molar-refractivity contribution in [3.05, 3.63) is 77.1 Å². The number of pyridine rings is 1. The number of likely N-dealkylation sites (tertiary alicyclic amines) is 1. The van der Waals surface area contributed by atoms with Crippen LogP contribution in [-0.4, -0.2) is 79.8 Å². The zero-order valence-electron chi connectivity index (χ0n) is 31.2. The number of benzene rings is 1. The Bertz CT molecular complexity index is 1900. The van der Waals surface area contributed by atoms with Crippen LogP contribution in [0, 0.1) is 0 Å². The van der Waals surface area contributed by atoms with Crippen molar-refractivity contribution in [3.8, 4) is 5.75 Å². The molecule has 1 aliphatic carbocycles. The molecule has 2 aliphatic rings. The molecule has 272 valence electrons. The van der Waals surface area contributed by atoms with Gasteiger partial charge in [-0.2, -0.15) is 0 Å². The summed E-state index contributed by atoms with van der Waals surface area (Å²) >= 11 is 0. The number of hydrogen-bond acceptors (Lipinski definition) is 9. The lowest BCUT2D eigenvalue weighted by Gasteiger charge is -2.48. The second-order valence-corrected chi connectivity index (χ2v) is 16.3. The summed E-state index contributed by atoms with van der Waals surface area (Å²) in [5, 5.41) is 17.7. The molecule has 0 spiro atoms. The van der Waals surface area contributed by atoms with E-state index in [0.717, 1.165) is 41.4 Å². The van der Waals surface area contributed by atoms with Crippen LogP contribution in [-0.2, 0) is 15.6 Å². The predicted molar refractivity (Wildman–Crippen MR) is 195 cm³/mol. The van der Waals surface area contributed by atoms with E-state index in [4.69, 9.17) is 9.47 Å². The summed E-state index contributed by atoms with van der Waals surface area (Å²) in [4.78, 5) is 38.2. The highest BCUT2D eigenvalue weighted by atomic mass is 16.5. The van der Waals surface area contributed by atoms with Gasteiger partial charge in [0.25, 0.3) is 5.91 Å². The van der Waals surface area contributed by atoms with Gasteiger partial charge in [0.1, 0.15) is 23.5 Å². The Hall–Kier alpha value is -4.62. The molecule has 4 heterocycles. The quantitative estimate of drug-likeness (QED) is 0.200.